The van der Waals surface area contributed by atoms with E-state index in [0.717, 1.165) is 12.0 Å². The van der Waals surface area contributed by atoms with Gasteiger partial charge in [-0.3, -0.25) is 0 Å². The van der Waals surface area contributed by atoms with Gasteiger partial charge in [0.15, 0.2) is 0 Å². The van der Waals surface area contributed by atoms with Crippen LogP contribution in [0.3, 0.4) is 0 Å². The molecule has 0 aromatic rings. The van der Waals surface area contributed by atoms with Crippen molar-refractivity contribution in [2.45, 2.75) is 26.3 Å². The van der Waals surface area contributed by atoms with Crippen LogP contribution in [0.25, 0.3) is 0 Å². The quantitative estimate of drug-likeness (QED) is 0.484. The standard InChI is InChI=1S/C6H13N.H2/c1-5-3-6(2)7-4-5;/h5-7H,3-4H2,1-2H3;1H/t5?,6-;/m1./s1. The normalized spacial score (nSPS) is 42.0. The molecular weight excluding hydrogens is 86.1 g/mol. The van der Waals surface area contributed by atoms with Crippen LogP contribution in [0.15, 0.2) is 0 Å². The summed E-state index contributed by atoms with van der Waals surface area (Å²) in [6.07, 6.45) is 1.36. The summed E-state index contributed by atoms with van der Waals surface area (Å²) < 4.78 is 0. The first-order valence-electron chi connectivity index (χ1n) is 3.02. The largest absolute Gasteiger partial charge is 0.314 e. The molecule has 44 valence electrons. The van der Waals surface area contributed by atoms with E-state index in [1.54, 1.807) is 0 Å². The van der Waals surface area contributed by atoms with Crippen molar-refractivity contribution in [1.82, 2.24) is 5.32 Å². The van der Waals surface area contributed by atoms with Crippen molar-refractivity contribution in [3.8, 4) is 0 Å². The second-order valence-electron chi connectivity index (χ2n) is 2.65. The van der Waals surface area contributed by atoms with E-state index >= 15 is 0 Å². The molecule has 1 fully saturated rings. The molecule has 0 saturated carbocycles. The molecule has 1 N–H and O–H groups in total. The van der Waals surface area contributed by atoms with E-state index in [1.807, 2.05) is 0 Å². The Morgan fingerprint density at radius 1 is 1.57 bits per heavy atom. The van der Waals surface area contributed by atoms with Gasteiger partial charge in [-0.25, -0.2) is 0 Å². The Morgan fingerprint density at radius 3 is 2.43 bits per heavy atom. The Bertz CT molecular complexity index is 57.5. The second-order valence-corrected chi connectivity index (χ2v) is 2.65. The first kappa shape index (κ1) is 5.10. The van der Waals surface area contributed by atoms with Crippen LogP contribution in [0.1, 0.15) is 21.7 Å². The van der Waals surface area contributed by atoms with Crippen molar-refractivity contribution < 1.29 is 1.43 Å². The van der Waals surface area contributed by atoms with Crippen LogP contribution in [0.4, 0.5) is 0 Å². The molecule has 1 saturated heterocycles. The highest BCUT2D eigenvalue weighted by Gasteiger charge is 2.14. The molecule has 0 amide bonds. The van der Waals surface area contributed by atoms with Crippen molar-refractivity contribution in [2.24, 2.45) is 5.92 Å². The van der Waals surface area contributed by atoms with Gasteiger partial charge >= 0.3 is 0 Å². The van der Waals surface area contributed by atoms with Crippen LogP contribution in [0.5, 0.6) is 0 Å². The van der Waals surface area contributed by atoms with Crippen LogP contribution in [-0.2, 0) is 0 Å². The molecule has 1 aliphatic heterocycles. The third-order valence-corrected chi connectivity index (χ3v) is 1.57. The highest BCUT2D eigenvalue weighted by Crippen LogP contribution is 2.10. The van der Waals surface area contributed by atoms with Crippen molar-refractivity contribution >= 4 is 0 Å². The molecule has 1 aliphatic rings. The van der Waals surface area contributed by atoms with Gasteiger partial charge in [-0.05, 0) is 25.8 Å². The lowest BCUT2D eigenvalue weighted by atomic mass is 10.1. The van der Waals surface area contributed by atoms with Gasteiger partial charge in [0.2, 0.25) is 0 Å². The van der Waals surface area contributed by atoms with Gasteiger partial charge < -0.3 is 5.32 Å². The molecular formula is C6H15N. The maximum Gasteiger partial charge on any atom is 0.00418 e. The van der Waals surface area contributed by atoms with Gasteiger partial charge in [0.1, 0.15) is 0 Å². The molecule has 0 aromatic heterocycles. The van der Waals surface area contributed by atoms with Gasteiger partial charge in [0, 0.05) is 7.47 Å². The fourth-order valence-electron chi connectivity index (χ4n) is 1.17. The first-order valence-corrected chi connectivity index (χ1v) is 3.02. The van der Waals surface area contributed by atoms with Crippen LogP contribution in [0.2, 0.25) is 0 Å². The van der Waals surface area contributed by atoms with E-state index in [4.69, 9.17) is 0 Å². The third kappa shape index (κ3) is 1.16. The van der Waals surface area contributed by atoms with E-state index in [1.165, 1.54) is 13.0 Å². The molecule has 2 atom stereocenters. The predicted octanol–water partition coefficient (Wildman–Crippen LogP) is 1.25. The highest BCUT2D eigenvalue weighted by atomic mass is 14.9. The van der Waals surface area contributed by atoms with Gasteiger partial charge in [-0.1, -0.05) is 6.92 Å². The summed E-state index contributed by atoms with van der Waals surface area (Å²) in [6, 6.07) is 0.773. The van der Waals surface area contributed by atoms with Crippen molar-refractivity contribution in [1.29, 1.82) is 0 Å². The van der Waals surface area contributed by atoms with Crippen molar-refractivity contribution in [3.05, 3.63) is 0 Å². The molecule has 1 rings (SSSR count). The number of rotatable bonds is 0. The Morgan fingerprint density at radius 2 is 2.29 bits per heavy atom. The zero-order valence-corrected chi connectivity index (χ0v) is 5.07. The summed E-state index contributed by atoms with van der Waals surface area (Å²) in [6.45, 7) is 5.75. The molecule has 0 aromatic carbocycles. The summed E-state index contributed by atoms with van der Waals surface area (Å²) in [5.74, 6) is 0.912. The summed E-state index contributed by atoms with van der Waals surface area (Å²) in [7, 11) is 0. The van der Waals surface area contributed by atoms with Gasteiger partial charge in [-0.15, -0.1) is 0 Å². The summed E-state index contributed by atoms with van der Waals surface area (Å²) in [4.78, 5) is 0. The fraction of sp³-hybridized carbons (Fsp3) is 1.00. The first-order chi connectivity index (χ1) is 3.29. The molecule has 1 heteroatoms. The fourth-order valence-corrected chi connectivity index (χ4v) is 1.17. The second kappa shape index (κ2) is 1.83. The average Bonchev–Trinajstić information content (AvgIpc) is 1.87. The average molecular weight is 101 g/mol. The molecule has 0 radical (unpaired) electrons. The maximum atomic E-state index is 3.37. The Kier molecular flexibility index (Phi) is 1.33. The van der Waals surface area contributed by atoms with Crippen LogP contribution in [0, 0.1) is 5.92 Å². The lowest BCUT2D eigenvalue weighted by Gasteiger charge is -1.96. The van der Waals surface area contributed by atoms with E-state index in [2.05, 4.69) is 19.2 Å². The van der Waals surface area contributed by atoms with E-state index < -0.39 is 0 Å². The van der Waals surface area contributed by atoms with Gasteiger partial charge in [0.25, 0.3) is 0 Å². The molecule has 0 spiro atoms. The minimum absolute atomic E-state index is 0. The minimum atomic E-state index is 0. The SMILES string of the molecule is CC1CN[C@H](C)C1.[HH]. The van der Waals surface area contributed by atoms with Crippen molar-refractivity contribution in [3.63, 3.8) is 0 Å². The van der Waals surface area contributed by atoms with Gasteiger partial charge in [0.05, 0.1) is 0 Å². The molecule has 1 nitrogen and oxygen atoms in total. The molecule has 0 aliphatic carbocycles. The maximum absolute atomic E-state index is 3.37. The van der Waals surface area contributed by atoms with Crippen molar-refractivity contribution in [2.75, 3.05) is 6.54 Å². The highest BCUT2D eigenvalue weighted by molar-refractivity contribution is 4.74. The number of nitrogens with one attached hydrogen (secondary N) is 1. The summed E-state index contributed by atoms with van der Waals surface area (Å²) in [5.41, 5.74) is 0. The Balaban J connectivity index is 0.000000490. The zero-order chi connectivity index (χ0) is 5.28. The Hall–Kier alpha value is -0.0400. The predicted molar refractivity (Wildman–Crippen MR) is 33.4 cm³/mol. The molecule has 0 bridgehead atoms. The molecule has 1 heterocycles. The van der Waals surface area contributed by atoms with Gasteiger partial charge in [-0.2, -0.15) is 0 Å². The monoisotopic (exact) mass is 101 g/mol. The van der Waals surface area contributed by atoms with Crippen LogP contribution in [-0.4, -0.2) is 12.6 Å². The van der Waals surface area contributed by atoms with E-state index in [0.29, 0.717) is 0 Å². The van der Waals surface area contributed by atoms with E-state index in [-0.39, 0.29) is 1.43 Å². The number of hydrogen-bond acceptors (Lipinski definition) is 1. The summed E-state index contributed by atoms with van der Waals surface area (Å²) in [5, 5.41) is 3.37. The molecule has 1 unspecified atom stereocenters. The topological polar surface area (TPSA) is 12.0 Å². The smallest absolute Gasteiger partial charge is 0.00418 e. The molecule has 7 heavy (non-hydrogen) atoms. The number of hydrogen-bond donors (Lipinski definition) is 1. The third-order valence-electron chi connectivity index (χ3n) is 1.57. The lowest BCUT2D eigenvalue weighted by Crippen LogP contribution is -2.16. The minimum Gasteiger partial charge on any atom is -0.314 e. The lowest BCUT2D eigenvalue weighted by molar-refractivity contribution is 0.622. The van der Waals surface area contributed by atoms with E-state index in [9.17, 15) is 0 Å². The Labute approximate surface area is 46.6 Å². The summed E-state index contributed by atoms with van der Waals surface area (Å²) >= 11 is 0. The van der Waals surface area contributed by atoms with Crippen LogP contribution >= 0.6 is 0 Å². The zero-order valence-electron chi connectivity index (χ0n) is 5.07. The van der Waals surface area contributed by atoms with Crippen LogP contribution < -0.4 is 5.32 Å².